The van der Waals surface area contributed by atoms with Gasteiger partial charge < -0.3 is 20.7 Å². The Morgan fingerprint density at radius 1 is 1.50 bits per heavy atom. The minimum atomic E-state index is -1.10. The first-order valence-electron chi connectivity index (χ1n) is 4.84. The number of esters is 1. The molecule has 2 atom stereocenters. The van der Waals surface area contributed by atoms with Gasteiger partial charge in [0.25, 0.3) is 0 Å². The molecule has 1 aromatic carbocycles. The van der Waals surface area contributed by atoms with E-state index in [-0.39, 0.29) is 6.54 Å². The topological polar surface area (TPSA) is 92.8 Å². The Labute approximate surface area is 93.5 Å². The minimum absolute atomic E-state index is 0.0520. The molecule has 16 heavy (non-hydrogen) atoms. The summed E-state index contributed by atoms with van der Waals surface area (Å²) in [5.74, 6) is -0.490. The van der Waals surface area contributed by atoms with Crippen molar-refractivity contribution in [2.45, 2.75) is 12.2 Å². The molecule has 0 saturated carbocycles. The van der Waals surface area contributed by atoms with Gasteiger partial charge in [0.05, 0.1) is 18.8 Å². The number of carbonyl (C=O) groups excluding carboxylic acids is 1. The highest BCUT2D eigenvalue weighted by Crippen LogP contribution is 2.18. The van der Waals surface area contributed by atoms with Crippen molar-refractivity contribution in [1.82, 2.24) is 0 Å². The molecule has 0 bridgehead atoms. The van der Waals surface area contributed by atoms with Gasteiger partial charge in [-0.05, 0) is 17.7 Å². The Balaban J connectivity index is 2.94. The standard InChI is InChI=1S/C11H15NO4/c1-16-11(15)8-4-2-3-7(5-8)10(14)9(13)6-12/h2-5,9-10,13-14H,6,12H2,1H3. The zero-order chi connectivity index (χ0) is 12.1. The number of nitrogens with two attached hydrogens (primary N) is 1. The Morgan fingerprint density at radius 3 is 2.75 bits per heavy atom. The largest absolute Gasteiger partial charge is 0.465 e. The van der Waals surface area contributed by atoms with Crippen LogP contribution in [0.4, 0.5) is 0 Å². The fraction of sp³-hybridized carbons (Fsp3) is 0.364. The minimum Gasteiger partial charge on any atom is -0.465 e. The van der Waals surface area contributed by atoms with Gasteiger partial charge in [-0.25, -0.2) is 4.79 Å². The van der Waals surface area contributed by atoms with Crippen LogP contribution in [0, 0.1) is 0 Å². The molecule has 0 aliphatic rings. The lowest BCUT2D eigenvalue weighted by Crippen LogP contribution is -2.27. The first-order chi connectivity index (χ1) is 7.60. The normalized spacial score (nSPS) is 14.2. The van der Waals surface area contributed by atoms with Crippen molar-refractivity contribution in [2.75, 3.05) is 13.7 Å². The Kier molecular flexibility index (Phi) is 4.42. The molecule has 0 aromatic heterocycles. The van der Waals surface area contributed by atoms with Crippen LogP contribution in [0.5, 0.6) is 0 Å². The molecule has 0 saturated heterocycles. The van der Waals surface area contributed by atoms with Gasteiger partial charge >= 0.3 is 5.97 Å². The van der Waals surface area contributed by atoms with Gasteiger partial charge in [-0.15, -0.1) is 0 Å². The monoisotopic (exact) mass is 225 g/mol. The van der Waals surface area contributed by atoms with Crippen molar-refractivity contribution >= 4 is 5.97 Å². The van der Waals surface area contributed by atoms with Gasteiger partial charge in [-0.2, -0.15) is 0 Å². The van der Waals surface area contributed by atoms with Crippen molar-refractivity contribution < 1.29 is 19.7 Å². The summed E-state index contributed by atoms with van der Waals surface area (Å²) in [7, 11) is 1.28. The van der Waals surface area contributed by atoms with E-state index < -0.39 is 18.2 Å². The molecule has 0 heterocycles. The number of carbonyl (C=O) groups is 1. The predicted octanol–water partition coefficient (Wildman–Crippen LogP) is -0.174. The number of aliphatic hydroxyl groups excluding tert-OH is 2. The highest BCUT2D eigenvalue weighted by Gasteiger charge is 2.18. The zero-order valence-corrected chi connectivity index (χ0v) is 8.96. The third kappa shape index (κ3) is 2.79. The third-order valence-electron chi connectivity index (χ3n) is 2.26. The van der Waals surface area contributed by atoms with E-state index >= 15 is 0 Å². The first-order valence-corrected chi connectivity index (χ1v) is 4.84. The van der Waals surface area contributed by atoms with Crippen LogP contribution in [0.15, 0.2) is 24.3 Å². The van der Waals surface area contributed by atoms with Gasteiger partial charge in [0.1, 0.15) is 6.10 Å². The fourth-order valence-corrected chi connectivity index (χ4v) is 1.32. The van der Waals surface area contributed by atoms with E-state index in [1.165, 1.54) is 13.2 Å². The molecule has 0 aliphatic carbocycles. The molecule has 2 unspecified atom stereocenters. The second-order valence-electron chi connectivity index (χ2n) is 3.36. The third-order valence-corrected chi connectivity index (χ3v) is 2.26. The molecule has 1 rings (SSSR count). The maximum absolute atomic E-state index is 11.2. The molecule has 5 nitrogen and oxygen atoms in total. The predicted molar refractivity (Wildman–Crippen MR) is 57.8 cm³/mol. The van der Waals surface area contributed by atoms with E-state index in [0.29, 0.717) is 11.1 Å². The quantitative estimate of drug-likeness (QED) is 0.618. The molecule has 0 radical (unpaired) electrons. The van der Waals surface area contributed by atoms with Crippen molar-refractivity contribution in [3.8, 4) is 0 Å². The number of hydrogen-bond donors (Lipinski definition) is 3. The van der Waals surface area contributed by atoms with Crippen molar-refractivity contribution in [1.29, 1.82) is 0 Å². The van der Waals surface area contributed by atoms with Crippen molar-refractivity contribution in [3.63, 3.8) is 0 Å². The van der Waals surface area contributed by atoms with Gasteiger partial charge in [0.15, 0.2) is 0 Å². The summed E-state index contributed by atoms with van der Waals surface area (Å²) < 4.78 is 4.55. The smallest absolute Gasteiger partial charge is 0.337 e. The second kappa shape index (κ2) is 5.60. The van der Waals surface area contributed by atoms with Crippen LogP contribution >= 0.6 is 0 Å². The molecule has 0 fully saturated rings. The maximum atomic E-state index is 11.2. The lowest BCUT2D eigenvalue weighted by molar-refractivity contribution is 0.0242. The summed E-state index contributed by atoms with van der Waals surface area (Å²) in [6.07, 6.45) is -2.15. The summed E-state index contributed by atoms with van der Waals surface area (Å²) in [6.45, 7) is -0.0520. The highest BCUT2D eigenvalue weighted by atomic mass is 16.5. The molecule has 4 N–H and O–H groups in total. The van der Waals surface area contributed by atoms with E-state index in [0.717, 1.165) is 0 Å². The summed E-state index contributed by atoms with van der Waals surface area (Å²) in [5, 5.41) is 19.1. The summed E-state index contributed by atoms with van der Waals surface area (Å²) >= 11 is 0. The average Bonchev–Trinajstić information content (AvgIpc) is 2.36. The molecule has 88 valence electrons. The van der Waals surface area contributed by atoms with Gasteiger partial charge in [0, 0.05) is 6.54 Å². The highest BCUT2D eigenvalue weighted by molar-refractivity contribution is 5.89. The number of hydrogen-bond acceptors (Lipinski definition) is 5. The van der Waals surface area contributed by atoms with Gasteiger partial charge in [0.2, 0.25) is 0 Å². The van der Waals surface area contributed by atoms with E-state index in [1.807, 2.05) is 0 Å². The molecule has 0 aliphatic heterocycles. The molecular formula is C11H15NO4. The van der Waals surface area contributed by atoms with Crippen LogP contribution in [-0.2, 0) is 4.74 Å². The molecule has 1 aromatic rings. The average molecular weight is 225 g/mol. The van der Waals surface area contributed by atoms with Crippen LogP contribution < -0.4 is 5.73 Å². The Hall–Kier alpha value is -1.43. The van der Waals surface area contributed by atoms with E-state index in [4.69, 9.17) is 5.73 Å². The summed E-state index contributed by atoms with van der Waals surface area (Å²) in [4.78, 5) is 11.2. The maximum Gasteiger partial charge on any atom is 0.337 e. The van der Waals surface area contributed by atoms with E-state index in [2.05, 4.69) is 4.74 Å². The lowest BCUT2D eigenvalue weighted by Gasteiger charge is -2.16. The molecular weight excluding hydrogens is 210 g/mol. The van der Waals surface area contributed by atoms with Crippen molar-refractivity contribution in [2.24, 2.45) is 5.73 Å². The van der Waals surface area contributed by atoms with Crippen LogP contribution in [0.25, 0.3) is 0 Å². The van der Waals surface area contributed by atoms with Crippen LogP contribution in [0.1, 0.15) is 22.0 Å². The van der Waals surface area contributed by atoms with Crippen LogP contribution in [0.2, 0.25) is 0 Å². The lowest BCUT2D eigenvalue weighted by atomic mass is 10.0. The number of aliphatic hydroxyl groups is 2. The van der Waals surface area contributed by atoms with Gasteiger partial charge in [-0.3, -0.25) is 0 Å². The van der Waals surface area contributed by atoms with Crippen LogP contribution in [0.3, 0.4) is 0 Å². The molecule has 0 amide bonds. The number of methoxy groups -OCH3 is 1. The number of benzene rings is 1. The fourth-order valence-electron chi connectivity index (χ4n) is 1.32. The molecule has 0 spiro atoms. The summed E-state index contributed by atoms with van der Waals surface area (Å²) in [6, 6.07) is 6.25. The Bertz CT molecular complexity index is 367. The first kappa shape index (κ1) is 12.6. The molecule has 5 heteroatoms. The Morgan fingerprint density at radius 2 is 2.19 bits per heavy atom. The summed E-state index contributed by atoms with van der Waals surface area (Å²) in [5.41, 5.74) is 5.99. The van der Waals surface area contributed by atoms with Crippen molar-refractivity contribution in [3.05, 3.63) is 35.4 Å². The number of rotatable bonds is 4. The SMILES string of the molecule is COC(=O)c1cccc(C(O)C(O)CN)c1. The second-order valence-corrected chi connectivity index (χ2v) is 3.36. The van der Waals surface area contributed by atoms with Gasteiger partial charge in [-0.1, -0.05) is 12.1 Å². The van der Waals surface area contributed by atoms with E-state index in [9.17, 15) is 15.0 Å². The van der Waals surface area contributed by atoms with E-state index in [1.54, 1.807) is 18.2 Å². The number of ether oxygens (including phenoxy) is 1. The van der Waals surface area contributed by atoms with Crippen LogP contribution in [-0.4, -0.2) is 35.9 Å². The zero-order valence-electron chi connectivity index (χ0n) is 8.96.